The first kappa shape index (κ1) is 29.8. The predicted octanol–water partition coefficient (Wildman–Crippen LogP) is 2.32. The minimum Gasteiger partial charge on any atom is -0.481 e. The Labute approximate surface area is 190 Å². The summed E-state index contributed by atoms with van der Waals surface area (Å²) in [6, 6.07) is 0. The van der Waals surface area contributed by atoms with Crippen molar-refractivity contribution in [2.75, 3.05) is 31.6 Å². The Morgan fingerprint density at radius 1 is 0.688 bits per heavy atom. The first-order valence-corrected chi connectivity index (χ1v) is 12.3. The molecule has 0 radical (unpaired) electrons. The number of esters is 2. The second kappa shape index (κ2) is 13.4. The van der Waals surface area contributed by atoms with Gasteiger partial charge in [0.15, 0.2) is 0 Å². The molecule has 0 saturated carbocycles. The second-order valence-electron chi connectivity index (χ2n) is 9.30. The molecule has 0 saturated heterocycles. The van der Waals surface area contributed by atoms with Crippen LogP contribution in [-0.2, 0) is 33.4 Å². The molecule has 0 fully saturated rings. The van der Waals surface area contributed by atoms with Crippen molar-refractivity contribution in [3.63, 3.8) is 0 Å². The molecule has 0 aromatic heterocycles. The van der Waals surface area contributed by atoms with Crippen LogP contribution < -0.4 is 0 Å². The monoisotopic (exact) mass is 477 g/mol. The topological polar surface area (TPSA) is 148 Å². The second-order valence-corrected chi connectivity index (χ2v) is 12.0. The van der Waals surface area contributed by atoms with Crippen molar-refractivity contribution in [1.82, 2.24) is 4.90 Å². The van der Waals surface area contributed by atoms with Crippen LogP contribution in [0.4, 0.5) is 0 Å². The number of amides is 1. The molecule has 0 heterocycles. The average Bonchev–Trinajstić information content (AvgIpc) is 2.56. The molecule has 0 bridgehead atoms. The van der Waals surface area contributed by atoms with E-state index in [4.69, 9.17) is 19.7 Å². The Balaban J connectivity index is 5.22. The first-order chi connectivity index (χ1) is 14.5. The number of aliphatic carboxylic acids is 2. The van der Waals surface area contributed by atoms with Gasteiger partial charge in [-0.05, 0) is 60.0 Å². The molecule has 0 rings (SSSR count). The highest BCUT2D eigenvalue weighted by Crippen LogP contribution is 2.37. The van der Waals surface area contributed by atoms with E-state index in [1.807, 2.05) is 0 Å². The maximum absolute atomic E-state index is 12.8. The zero-order chi connectivity index (χ0) is 25.1. The lowest BCUT2D eigenvalue weighted by Crippen LogP contribution is -2.43. The van der Waals surface area contributed by atoms with Crippen LogP contribution in [0.25, 0.3) is 0 Å². The molecule has 0 aromatic carbocycles. The molecule has 0 spiro atoms. The van der Waals surface area contributed by atoms with Crippen molar-refractivity contribution in [3.8, 4) is 0 Å². The molecule has 11 heteroatoms. The standard InChI is InChI=1S/C21H36NO9P/c1-20(2,3)30-18(28)13-22(14-19(29)31-21(4,5)6)15(23)7-10-32(11-8-16(24)25)12-9-17(26)27/h7-14H2,1-6H3,(H,24,25)(H,26,27). The molecule has 32 heavy (non-hydrogen) atoms. The fraction of sp³-hybridized carbons (Fsp3) is 0.762. The van der Waals surface area contributed by atoms with Crippen LogP contribution in [0.15, 0.2) is 0 Å². The van der Waals surface area contributed by atoms with Gasteiger partial charge >= 0.3 is 23.9 Å². The van der Waals surface area contributed by atoms with Crippen molar-refractivity contribution in [3.05, 3.63) is 0 Å². The summed E-state index contributed by atoms with van der Waals surface area (Å²) in [6.45, 7) is 9.24. The van der Waals surface area contributed by atoms with Gasteiger partial charge in [0.1, 0.15) is 24.3 Å². The summed E-state index contributed by atoms with van der Waals surface area (Å²) in [5.41, 5.74) is -1.53. The number of carboxylic acid groups (broad SMARTS) is 2. The fourth-order valence-corrected chi connectivity index (χ4v) is 4.74. The first-order valence-electron chi connectivity index (χ1n) is 10.4. The molecule has 0 atom stereocenters. The highest BCUT2D eigenvalue weighted by molar-refractivity contribution is 7.57. The number of rotatable bonds is 13. The molecule has 0 aromatic rings. The van der Waals surface area contributed by atoms with Crippen molar-refractivity contribution >= 4 is 37.7 Å². The molecule has 10 nitrogen and oxygen atoms in total. The molecule has 0 unspecified atom stereocenters. The molecular formula is C21H36NO9P. The van der Waals surface area contributed by atoms with Crippen LogP contribution in [0.3, 0.4) is 0 Å². The highest BCUT2D eigenvalue weighted by atomic mass is 31.1. The Bertz CT molecular complexity index is 632. The van der Waals surface area contributed by atoms with Gasteiger partial charge in [-0.3, -0.25) is 24.0 Å². The van der Waals surface area contributed by atoms with E-state index in [1.165, 1.54) is 0 Å². The molecule has 0 aliphatic heterocycles. The summed E-state index contributed by atoms with van der Waals surface area (Å²) in [4.78, 5) is 60.1. The number of carboxylic acids is 2. The van der Waals surface area contributed by atoms with E-state index in [2.05, 4.69) is 0 Å². The third kappa shape index (κ3) is 16.5. The van der Waals surface area contributed by atoms with E-state index < -0.39 is 62.0 Å². The highest BCUT2D eigenvalue weighted by Gasteiger charge is 2.27. The van der Waals surface area contributed by atoms with Crippen LogP contribution in [0.1, 0.15) is 60.8 Å². The van der Waals surface area contributed by atoms with Gasteiger partial charge in [-0.2, -0.15) is 0 Å². The van der Waals surface area contributed by atoms with Gasteiger partial charge < -0.3 is 24.6 Å². The molecule has 0 aliphatic rings. The molecule has 0 aliphatic carbocycles. The summed E-state index contributed by atoms with van der Waals surface area (Å²) in [6.07, 6.45) is 0.620. The van der Waals surface area contributed by atoms with Crippen molar-refractivity contribution in [2.45, 2.75) is 72.0 Å². The van der Waals surface area contributed by atoms with E-state index in [0.29, 0.717) is 18.5 Å². The van der Waals surface area contributed by atoms with Crippen molar-refractivity contribution < 1.29 is 43.7 Å². The smallest absolute Gasteiger partial charge is 0.326 e. The zero-order valence-corrected chi connectivity index (χ0v) is 20.7. The van der Waals surface area contributed by atoms with Gasteiger partial charge in [-0.15, -0.1) is 7.92 Å². The predicted molar refractivity (Wildman–Crippen MR) is 119 cm³/mol. The summed E-state index contributed by atoms with van der Waals surface area (Å²) < 4.78 is 10.5. The van der Waals surface area contributed by atoms with Gasteiger partial charge in [0, 0.05) is 19.3 Å². The third-order valence-corrected chi connectivity index (χ3v) is 6.33. The lowest BCUT2D eigenvalue weighted by atomic mass is 10.2. The van der Waals surface area contributed by atoms with Gasteiger partial charge in [-0.1, -0.05) is 0 Å². The Morgan fingerprint density at radius 2 is 1.03 bits per heavy atom. The Kier molecular flexibility index (Phi) is 12.4. The van der Waals surface area contributed by atoms with Gasteiger partial charge in [0.05, 0.1) is 0 Å². The summed E-state index contributed by atoms with van der Waals surface area (Å²) >= 11 is 0. The molecule has 1 amide bonds. The largest absolute Gasteiger partial charge is 0.481 e. The van der Waals surface area contributed by atoms with Gasteiger partial charge in [-0.25, -0.2) is 0 Å². The zero-order valence-electron chi connectivity index (χ0n) is 19.8. The van der Waals surface area contributed by atoms with E-state index in [-0.39, 0.29) is 19.3 Å². The normalized spacial score (nSPS) is 11.7. The van der Waals surface area contributed by atoms with E-state index in [0.717, 1.165) is 4.90 Å². The lowest BCUT2D eigenvalue weighted by molar-refractivity contribution is -0.163. The minimum absolute atomic E-state index is 0.0451. The quantitative estimate of drug-likeness (QED) is 0.301. The van der Waals surface area contributed by atoms with Crippen LogP contribution in [0, 0.1) is 0 Å². The van der Waals surface area contributed by atoms with E-state index in [9.17, 15) is 24.0 Å². The van der Waals surface area contributed by atoms with E-state index in [1.54, 1.807) is 41.5 Å². The number of hydrogen-bond acceptors (Lipinski definition) is 7. The fourth-order valence-electron chi connectivity index (χ4n) is 2.55. The van der Waals surface area contributed by atoms with Crippen LogP contribution in [0.5, 0.6) is 0 Å². The van der Waals surface area contributed by atoms with Crippen LogP contribution >= 0.6 is 7.92 Å². The number of carbonyl (C=O) groups excluding carboxylic acids is 3. The SMILES string of the molecule is CC(C)(C)OC(=O)CN(CC(=O)OC(C)(C)C)C(=O)CCP(CCC(=O)O)CCC(=O)O. The molecule has 184 valence electrons. The van der Waals surface area contributed by atoms with Crippen LogP contribution in [0.2, 0.25) is 0 Å². The van der Waals surface area contributed by atoms with Gasteiger partial charge in [0.2, 0.25) is 5.91 Å². The molecular weight excluding hydrogens is 441 g/mol. The minimum atomic E-state index is -1.01. The third-order valence-electron chi connectivity index (χ3n) is 3.76. The molecule has 2 N–H and O–H groups in total. The number of nitrogens with zero attached hydrogens (tertiary/aromatic N) is 1. The maximum Gasteiger partial charge on any atom is 0.326 e. The van der Waals surface area contributed by atoms with Gasteiger partial charge in [0.25, 0.3) is 0 Å². The number of ether oxygens (including phenoxy) is 2. The lowest BCUT2D eigenvalue weighted by Gasteiger charge is -2.27. The van der Waals surface area contributed by atoms with E-state index >= 15 is 0 Å². The van der Waals surface area contributed by atoms with Crippen molar-refractivity contribution in [2.24, 2.45) is 0 Å². The summed E-state index contributed by atoms with van der Waals surface area (Å²) in [5, 5.41) is 17.8. The average molecular weight is 477 g/mol. The maximum atomic E-state index is 12.8. The number of hydrogen-bond donors (Lipinski definition) is 2. The Morgan fingerprint density at radius 3 is 1.34 bits per heavy atom. The number of carbonyl (C=O) groups is 5. The Hall–Kier alpha value is -2.22. The van der Waals surface area contributed by atoms with Crippen LogP contribution in [-0.4, -0.2) is 87.7 Å². The summed E-state index contributed by atoms with van der Waals surface area (Å²) in [7, 11) is -1.01. The summed E-state index contributed by atoms with van der Waals surface area (Å²) in [5.74, 6) is -3.81. The van der Waals surface area contributed by atoms with Crippen molar-refractivity contribution in [1.29, 1.82) is 0 Å².